The molecule has 0 spiro atoms. The van der Waals surface area contributed by atoms with Gasteiger partial charge in [-0.15, -0.1) is 0 Å². The molecule has 8 heavy (non-hydrogen) atoms. The Labute approximate surface area is 49.6 Å². The summed E-state index contributed by atoms with van der Waals surface area (Å²) in [6.07, 6.45) is 0.159. The van der Waals surface area contributed by atoms with Crippen LogP contribution in [0.4, 0.5) is 0 Å². The van der Waals surface area contributed by atoms with Crippen LogP contribution in [0.2, 0.25) is 0 Å². The molecule has 2 atom stereocenters. The number of rotatable bonds is 0. The summed E-state index contributed by atoms with van der Waals surface area (Å²) in [4.78, 5) is 0. The van der Waals surface area contributed by atoms with Gasteiger partial charge < -0.3 is 11.1 Å². The molecule has 0 aromatic carbocycles. The van der Waals surface area contributed by atoms with E-state index in [1.807, 2.05) is 0 Å². The molecule has 3 nitrogen and oxygen atoms in total. The fraction of sp³-hybridized carbons (Fsp3) is 1.00. The summed E-state index contributed by atoms with van der Waals surface area (Å²) in [6.45, 7) is 4.02. The highest BCUT2D eigenvalue weighted by Gasteiger charge is 2.10. The highest BCUT2D eigenvalue weighted by atomic mass is 15.1. The molecule has 1 aliphatic rings. The van der Waals surface area contributed by atoms with E-state index in [4.69, 9.17) is 5.73 Å². The van der Waals surface area contributed by atoms with Crippen molar-refractivity contribution >= 4 is 0 Å². The lowest BCUT2D eigenvalue weighted by Gasteiger charge is -2.25. The third kappa shape index (κ3) is 1.43. The largest absolute Gasteiger partial charge is 0.315 e. The summed E-state index contributed by atoms with van der Waals surface area (Å²) in [7, 11) is 0. The molecule has 2 unspecified atom stereocenters. The maximum Gasteiger partial charge on any atom is 0.0675 e. The lowest BCUT2D eigenvalue weighted by atomic mass is 10.2. The third-order valence-electron chi connectivity index (χ3n) is 1.37. The minimum Gasteiger partial charge on any atom is -0.315 e. The van der Waals surface area contributed by atoms with Gasteiger partial charge in [-0.05, 0) is 6.92 Å². The van der Waals surface area contributed by atoms with E-state index in [2.05, 4.69) is 17.6 Å². The van der Waals surface area contributed by atoms with Crippen LogP contribution in [0.5, 0.6) is 0 Å². The molecular weight excluding hydrogens is 102 g/mol. The minimum absolute atomic E-state index is 0.159. The van der Waals surface area contributed by atoms with Crippen LogP contribution >= 0.6 is 0 Å². The number of nitrogens with two attached hydrogens (primary N) is 1. The van der Waals surface area contributed by atoms with Crippen molar-refractivity contribution in [1.82, 2.24) is 10.6 Å². The van der Waals surface area contributed by atoms with Gasteiger partial charge in [0.2, 0.25) is 0 Å². The summed E-state index contributed by atoms with van der Waals surface area (Å²) >= 11 is 0. The molecule has 1 aliphatic heterocycles. The smallest absolute Gasteiger partial charge is 0.0675 e. The zero-order valence-electron chi connectivity index (χ0n) is 5.15. The predicted octanol–water partition coefficient (Wildman–Crippen LogP) is -1.15. The standard InChI is InChI=1S/C5H13N3/c1-4-2-8-5(6)3-7-4/h4-5,7-8H,2-3,6H2,1H3. The van der Waals surface area contributed by atoms with Crippen molar-refractivity contribution in [2.75, 3.05) is 13.1 Å². The fourth-order valence-electron chi connectivity index (χ4n) is 0.801. The van der Waals surface area contributed by atoms with Crippen LogP contribution in [-0.2, 0) is 0 Å². The van der Waals surface area contributed by atoms with Gasteiger partial charge >= 0.3 is 0 Å². The van der Waals surface area contributed by atoms with Crippen LogP contribution < -0.4 is 16.4 Å². The number of hydrogen-bond acceptors (Lipinski definition) is 3. The Morgan fingerprint density at radius 1 is 1.38 bits per heavy atom. The maximum absolute atomic E-state index is 5.52. The van der Waals surface area contributed by atoms with Gasteiger partial charge in [0, 0.05) is 19.1 Å². The molecule has 0 aliphatic carbocycles. The van der Waals surface area contributed by atoms with E-state index in [1.54, 1.807) is 0 Å². The quantitative estimate of drug-likeness (QED) is 0.374. The Bertz CT molecular complexity index is 56.1. The second kappa shape index (κ2) is 2.44. The van der Waals surface area contributed by atoms with Crippen LogP contribution in [0, 0.1) is 0 Å². The first-order valence-corrected chi connectivity index (χ1v) is 3.01. The lowest BCUT2D eigenvalue weighted by molar-refractivity contribution is 0.366. The molecule has 0 aromatic heterocycles. The maximum atomic E-state index is 5.52. The Balaban J connectivity index is 2.19. The van der Waals surface area contributed by atoms with Gasteiger partial charge in [0.05, 0.1) is 6.17 Å². The number of hydrogen-bond donors (Lipinski definition) is 3. The molecule has 4 N–H and O–H groups in total. The molecule has 1 fully saturated rings. The Kier molecular flexibility index (Phi) is 1.83. The van der Waals surface area contributed by atoms with E-state index in [-0.39, 0.29) is 6.17 Å². The van der Waals surface area contributed by atoms with E-state index in [0.29, 0.717) is 6.04 Å². The van der Waals surface area contributed by atoms with E-state index in [0.717, 1.165) is 13.1 Å². The van der Waals surface area contributed by atoms with Crippen molar-refractivity contribution < 1.29 is 0 Å². The normalized spacial score (nSPS) is 39.8. The summed E-state index contributed by atoms with van der Waals surface area (Å²) < 4.78 is 0. The molecule has 0 amide bonds. The first-order chi connectivity index (χ1) is 3.79. The second-order valence-electron chi connectivity index (χ2n) is 2.32. The highest BCUT2D eigenvalue weighted by Crippen LogP contribution is 1.85. The third-order valence-corrected chi connectivity index (χ3v) is 1.37. The number of nitrogens with one attached hydrogen (secondary N) is 2. The first kappa shape index (κ1) is 6.01. The monoisotopic (exact) mass is 115 g/mol. The van der Waals surface area contributed by atoms with E-state index >= 15 is 0 Å². The van der Waals surface area contributed by atoms with E-state index in [9.17, 15) is 0 Å². The molecule has 3 heteroatoms. The molecule has 1 heterocycles. The van der Waals surface area contributed by atoms with Gasteiger partial charge in [0.15, 0.2) is 0 Å². The van der Waals surface area contributed by atoms with Crippen molar-refractivity contribution in [3.63, 3.8) is 0 Å². The topological polar surface area (TPSA) is 50.1 Å². The molecule has 0 saturated carbocycles. The molecule has 0 radical (unpaired) electrons. The summed E-state index contributed by atoms with van der Waals surface area (Å²) in [5.41, 5.74) is 5.52. The van der Waals surface area contributed by atoms with Crippen molar-refractivity contribution in [1.29, 1.82) is 0 Å². The lowest BCUT2D eigenvalue weighted by Crippen LogP contribution is -2.56. The van der Waals surface area contributed by atoms with Gasteiger partial charge in [0.1, 0.15) is 0 Å². The van der Waals surface area contributed by atoms with E-state index < -0.39 is 0 Å². The van der Waals surface area contributed by atoms with Gasteiger partial charge in [-0.2, -0.15) is 0 Å². The summed E-state index contributed by atoms with van der Waals surface area (Å²) in [6, 6.07) is 0.579. The average molecular weight is 115 g/mol. The molecule has 48 valence electrons. The van der Waals surface area contributed by atoms with E-state index in [1.165, 1.54) is 0 Å². The van der Waals surface area contributed by atoms with Crippen LogP contribution in [0.3, 0.4) is 0 Å². The molecule has 0 bridgehead atoms. The first-order valence-electron chi connectivity index (χ1n) is 3.01. The second-order valence-corrected chi connectivity index (χ2v) is 2.32. The van der Waals surface area contributed by atoms with Crippen LogP contribution in [0.15, 0.2) is 0 Å². The Hall–Kier alpha value is -0.120. The summed E-state index contributed by atoms with van der Waals surface area (Å²) in [5.74, 6) is 0. The van der Waals surface area contributed by atoms with Gasteiger partial charge in [-0.25, -0.2) is 0 Å². The molecule has 1 saturated heterocycles. The molecular formula is C5H13N3. The van der Waals surface area contributed by atoms with Crippen LogP contribution in [-0.4, -0.2) is 25.3 Å². The van der Waals surface area contributed by atoms with Crippen LogP contribution in [0.1, 0.15) is 6.92 Å². The SMILES string of the molecule is CC1CNC(N)CN1. The number of piperazine rings is 1. The molecule has 0 aromatic rings. The van der Waals surface area contributed by atoms with Crippen molar-refractivity contribution in [2.24, 2.45) is 5.73 Å². The van der Waals surface area contributed by atoms with Crippen molar-refractivity contribution in [3.05, 3.63) is 0 Å². The summed E-state index contributed by atoms with van der Waals surface area (Å²) in [5, 5.41) is 6.39. The zero-order chi connectivity index (χ0) is 5.98. The Morgan fingerprint density at radius 3 is 2.50 bits per heavy atom. The van der Waals surface area contributed by atoms with Crippen molar-refractivity contribution in [3.8, 4) is 0 Å². The van der Waals surface area contributed by atoms with Gasteiger partial charge in [0.25, 0.3) is 0 Å². The average Bonchev–Trinajstić information content (AvgIpc) is 1.77. The molecule has 1 rings (SSSR count). The predicted molar refractivity (Wildman–Crippen MR) is 33.4 cm³/mol. The van der Waals surface area contributed by atoms with Crippen molar-refractivity contribution in [2.45, 2.75) is 19.1 Å². The van der Waals surface area contributed by atoms with Gasteiger partial charge in [-0.3, -0.25) is 5.32 Å². The minimum atomic E-state index is 0.159. The zero-order valence-corrected chi connectivity index (χ0v) is 5.15. The Morgan fingerprint density at radius 2 is 2.12 bits per heavy atom. The highest BCUT2D eigenvalue weighted by molar-refractivity contribution is 4.75. The van der Waals surface area contributed by atoms with Crippen LogP contribution in [0.25, 0.3) is 0 Å². The fourth-order valence-corrected chi connectivity index (χ4v) is 0.801. The van der Waals surface area contributed by atoms with Gasteiger partial charge in [-0.1, -0.05) is 0 Å².